The topological polar surface area (TPSA) is 58.2 Å². The van der Waals surface area contributed by atoms with E-state index in [1.165, 1.54) is 0 Å². The van der Waals surface area contributed by atoms with Gasteiger partial charge in [0.2, 0.25) is 10.0 Å². The van der Waals surface area contributed by atoms with Crippen molar-refractivity contribution in [3.05, 3.63) is 28.7 Å². The first-order chi connectivity index (χ1) is 9.33. The molecule has 1 saturated heterocycles. The van der Waals surface area contributed by atoms with Crippen molar-refractivity contribution in [2.24, 2.45) is 5.41 Å². The van der Waals surface area contributed by atoms with Crippen LogP contribution >= 0.6 is 28.3 Å². The third kappa shape index (κ3) is 4.66. The number of sulfonamides is 1. The molecule has 1 atom stereocenters. The summed E-state index contributed by atoms with van der Waals surface area (Å²) in [5.74, 6) is 0. The minimum Gasteiger partial charge on any atom is -0.312 e. The van der Waals surface area contributed by atoms with Crippen LogP contribution in [0, 0.1) is 5.41 Å². The predicted octanol–water partition coefficient (Wildman–Crippen LogP) is 2.93. The summed E-state index contributed by atoms with van der Waals surface area (Å²) in [7, 11) is -3.48. The van der Waals surface area contributed by atoms with Gasteiger partial charge in [0.1, 0.15) is 0 Å². The molecule has 1 unspecified atom stereocenters. The molecule has 0 bridgehead atoms. The Balaban J connectivity index is 0.00000220. The van der Waals surface area contributed by atoms with Crippen molar-refractivity contribution in [1.29, 1.82) is 0 Å². The molecule has 0 aliphatic carbocycles. The fourth-order valence-electron chi connectivity index (χ4n) is 2.55. The van der Waals surface area contributed by atoms with Gasteiger partial charge >= 0.3 is 0 Å². The summed E-state index contributed by atoms with van der Waals surface area (Å²) < 4.78 is 28.0. The van der Waals surface area contributed by atoms with E-state index in [0.717, 1.165) is 19.4 Å². The number of rotatable bonds is 4. The molecule has 21 heavy (non-hydrogen) atoms. The van der Waals surface area contributed by atoms with Crippen LogP contribution in [0.15, 0.2) is 33.6 Å². The van der Waals surface area contributed by atoms with E-state index in [0.29, 0.717) is 11.0 Å². The summed E-state index contributed by atoms with van der Waals surface area (Å²) in [6.45, 7) is 5.72. The van der Waals surface area contributed by atoms with Gasteiger partial charge in [-0.3, -0.25) is 0 Å². The molecule has 1 aliphatic rings. The van der Waals surface area contributed by atoms with Crippen molar-refractivity contribution in [2.45, 2.75) is 37.6 Å². The molecule has 2 N–H and O–H groups in total. The van der Waals surface area contributed by atoms with Gasteiger partial charge in [-0.05, 0) is 52.9 Å². The third-order valence-corrected chi connectivity index (χ3v) is 6.37. The number of halogens is 2. The molecule has 0 saturated carbocycles. The van der Waals surface area contributed by atoms with Gasteiger partial charge in [-0.1, -0.05) is 26.0 Å². The average Bonchev–Trinajstić information content (AvgIpc) is 2.37. The Kier molecular flexibility index (Phi) is 6.68. The van der Waals surface area contributed by atoms with Gasteiger partial charge in [-0.15, -0.1) is 12.4 Å². The van der Waals surface area contributed by atoms with Gasteiger partial charge in [-0.25, -0.2) is 13.1 Å². The van der Waals surface area contributed by atoms with Gasteiger partial charge in [0.15, 0.2) is 0 Å². The van der Waals surface area contributed by atoms with Crippen LogP contribution in [0.3, 0.4) is 0 Å². The van der Waals surface area contributed by atoms with E-state index in [-0.39, 0.29) is 28.8 Å². The van der Waals surface area contributed by atoms with E-state index in [1.807, 2.05) is 0 Å². The molecular weight excluding hydrogens is 376 g/mol. The van der Waals surface area contributed by atoms with Crippen LogP contribution in [0.5, 0.6) is 0 Å². The van der Waals surface area contributed by atoms with Crippen LogP contribution < -0.4 is 10.0 Å². The van der Waals surface area contributed by atoms with Crippen molar-refractivity contribution in [2.75, 3.05) is 13.1 Å². The summed E-state index contributed by atoms with van der Waals surface area (Å²) in [6, 6.07) is 7.02. The molecule has 1 heterocycles. The minimum atomic E-state index is -3.48. The Morgan fingerprint density at radius 1 is 1.38 bits per heavy atom. The van der Waals surface area contributed by atoms with E-state index in [4.69, 9.17) is 0 Å². The summed E-state index contributed by atoms with van der Waals surface area (Å²) in [5.41, 5.74) is 0.106. The molecule has 1 aromatic rings. The maximum Gasteiger partial charge on any atom is 0.241 e. The zero-order chi connectivity index (χ0) is 14.8. The average molecular weight is 398 g/mol. The lowest BCUT2D eigenvalue weighted by Crippen LogP contribution is -2.52. The molecule has 1 aliphatic heterocycles. The smallest absolute Gasteiger partial charge is 0.241 e. The summed E-state index contributed by atoms with van der Waals surface area (Å²) >= 11 is 3.29. The molecule has 1 fully saturated rings. The number of piperidine rings is 1. The molecule has 0 aromatic heterocycles. The number of hydrogen-bond donors (Lipinski definition) is 2. The van der Waals surface area contributed by atoms with E-state index in [2.05, 4.69) is 39.8 Å². The lowest BCUT2D eigenvalue weighted by molar-refractivity contribution is 0.181. The van der Waals surface area contributed by atoms with Crippen LogP contribution in [0.25, 0.3) is 0 Å². The van der Waals surface area contributed by atoms with Gasteiger partial charge in [-0.2, -0.15) is 0 Å². The van der Waals surface area contributed by atoms with Gasteiger partial charge in [0, 0.05) is 17.1 Å². The maximum atomic E-state index is 12.3. The molecule has 2 rings (SSSR count). The van der Waals surface area contributed by atoms with Crippen LogP contribution in [0.2, 0.25) is 0 Å². The highest BCUT2D eigenvalue weighted by atomic mass is 79.9. The number of nitrogens with one attached hydrogen (secondary N) is 2. The first-order valence-corrected chi connectivity index (χ1v) is 9.08. The van der Waals surface area contributed by atoms with Crippen LogP contribution in [-0.4, -0.2) is 27.5 Å². The highest BCUT2D eigenvalue weighted by molar-refractivity contribution is 9.10. The Bertz CT molecular complexity index is 578. The Hall–Kier alpha value is -0.140. The zero-order valence-corrected chi connectivity index (χ0v) is 15.4. The van der Waals surface area contributed by atoms with Gasteiger partial charge in [0.25, 0.3) is 0 Å². The predicted molar refractivity (Wildman–Crippen MR) is 91.4 cm³/mol. The highest BCUT2D eigenvalue weighted by Gasteiger charge is 2.32. The van der Waals surface area contributed by atoms with Crippen molar-refractivity contribution < 1.29 is 8.42 Å². The molecule has 7 heteroatoms. The third-order valence-electron chi connectivity index (χ3n) is 3.94. The molecule has 4 nitrogen and oxygen atoms in total. The van der Waals surface area contributed by atoms with Crippen molar-refractivity contribution in [3.63, 3.8) is 0 Å². The fourth-order valence-corrected chi connectivity index (χ4v) is 4.60. The van der Waals surface area contributed by atoms with E-state index in [9.17, 15) is 8.42 Å². The van der Waals surface area contributed by atoms with E-state index in [1.54, 1.807) is 24.3 Å². The van der Waals surface area contributed by atoms with Gasteiger partial charge in [0.05, 0.1) is 4.90 Å². The minimum absolute atomic E-state index is 0. The normalized spacial score (nSPS) is 21.6. The first-order valence-electron chi connectivity index (χ1n) is 6.80. The summed E-state index contributed by atoms with van der Waals surface area (Å²) in [4.78, 5) is 0.286. The molecule has 1 aromatic carbocycles. The lowest BCUT2D eigenvalue weighted by Gasteiger charge is -2.39. The zero-order valence-electron chi connectivity index (χ0n) is 12.2. The van der Waals surface area contributed by atoms with Crippen molar-refractivity contribution in [3.8, 4) is 0 Å². The van der Waals surface area contributed by atoms with Crippen molar-refractivity contribution in [1.82, 2.24) is 10.0 Å². The summed E-state index contributed by atoms with van der Waals surface area (Å²) in [6.07, 6.45) is 2.25. The molecule has 120 valence electrons. The second-order valence-corrected chi connectivity index (χ2v) is 8.47. The number of hydrogen-bond acceptors (Lipinski definition) is 3. The molecule has 0 amide bonds. The molecule has 0 spiro atoms. The quantitative estimate of drug-likeness (QED) is 0.821. The maximum absolute atomic E-state index is 12.3. The van der Waals surface area contributed by atoms with Gasteiger partial charge < -0.3 is 5.32 Å². The van der Waals surface area contributed by atoms with Crippen LogP contribution in [0.1, 0.15) is 26.7 Å². The Labute approximate surface area is 141 Å². The summed E-state index contributed by atoms with van der Waals surface area (Å²) in [5, 5.41) is 3.41. The first kappa shape index (κ1) is 18.9. The van der Waals surface area contributed by atoms with E-state index >= 15 is 0 Å². The lowest BCUT2D eigenvalue weighted by atomic mass is 9.78. The number of benzene rings is 1. The Morgan fingerprint density at radius 3 is 2.67 bits per heavy atom. The largest absolute Gasteiger partial charge is 0.312 e. The van der Waals surface area contributed by atoms with Crippen LogP contribution in [-0.2, 0) is 10.0 Å². The van der Waals surface area contributed by atoms with E-state index < -0.39 is 10.0 Å². The van der Waals surface area contributed by atoms with Crippen molar-refractivity contribution >= 4 is 38.4 Å². The fraction of sp³-hybridized carbons (Fsp3) is 0.571. The standard InChI is InChI=1S/C14H21BrN2O2S.ClH/c1-14(2)8-5-9-16-13(14)10-17-20(18,19)12-7-4-3-6-11(12)15;/h3-4,6-7,13,16-17H,5,8-10H2,1-2H3;1H. The SMILES string of the molecule is CC1(C)CCCNC1CNS(=O)(=O)c1ccccc1Br.Cl. The van der Waals surface area contributed by atoms with Crippen LogP contribution in [0.4, 0.5) is 0 Å². The second-order valence-electron chi connectivity index (χ2n) is 5.88. The molecule has 0 radical (unpaired) electrons. The second kappa shape index (κ2) is 7.42. The highest BCUT2D eigenvalue weighted by Crippen LogP contribution is 2.30. The Morgan fingerprint density at radius 2 is 2.05 bits per heavy atom. The molecular formula is C14H22BrClN2O2S. The monoisotopic (exact) mass is 396 g/mol.